The van der Waals surface area contributed by atoms with E-state index in [-0.39, 0.29) is 18.9 Å². The second-order valence-electron chi connectivity index (χ2n) is 2.45. The van der Waals surface area contributed by atoms with E-state index in [1.54, 1.807) is 18.2 Å². The molecule has 0 aliphatic rings. The Morgan fingerprint density at radius 1 is 1.38 bits per heavy atom. The van der Waals surface area contributed by atoms with E-state index in [9.17, 15) is 4.79 Å². The molecule has 13 heavy (non-hydrogen) atoms. The van der Waals surface area contributed by atoms with E-state index in [0.717, 1.165) is 9.95 Å². The number of carbonyl (C=O) groups is 1. The van der Waals surface area contributed by atoms with Crippen LogP contribution < -0.4 is 18.9 Å². The molecule has 0 spiro atoms. The molecule has 0 unspecified atom stereocenters. The second-order valence-corrected chi connectivity index (χ2v) is 2.45. The van der Waals surface area contributed by atoms with E-state index in [4.69, 9.17) is 5.11 Å². The molecule has 3 nitrogen and oxygen atoms in total. The largest absolute Gasteiger partial charge is 1.00 e. The smallest absolute Gasteiger partial charge is 0.508 e. The van der Waals surface area contributed by atoms with Crippen LogP contribution in [-0.2, 0) is 0 Å². The molecule has 0 radical (unpaired) electrons. The van der Waals surface area contributed by atoms with Gasteiger partial charge in [-0.2, -0.15) is 0 Å². The maximum absolute atomic E-state index is 10.6. The molecule has 1 aromatic heterocycles. The van der Waals surface area contributed by atoms with Crippen LogP contribution in [0.15, 0.2) is 30.3 Å². The Hall–Kier alpha value is -1.17. The van der Waals surface area contributed by atoms with Gasteiger partial charge in [0, 0.05) is 0 Å². The third kappa shape index (κ3) is 1.62. The van der Waals surface area contributed by atoms with Gasteiger partial charge in [0.25, 0.3) is 0 Å². The van der Waals surface area contributed by atoms with Gasteiger partial charge in [-0.15, -0.1) is 17.5 Å². The minimum absolute atomic E-state index is 0. The van der Waals surface area contributed by atoms with Crippen molar-refractivity contribution < 1.29 is 28.8 Å². The van der Waals surface area contributed by atoms with Crippen molar-refractivity contribution in [1.82, 2.24) is 4.57 Å². The zero-order valence-corrected chi connectivity index (χ0v) is 7.19. The van der Waals surface area contributed by atoms with E-state index in [0.29, 0.717) is 5.52 Å². The number of hydrogen-bond acceptors (Lipinski definition) is 1. The number of carboxylic acid groups (broad SMARTS) is 1. The Bertz CT molecular complexity index is 436. The summed E-state index contributed by atoms with van der Waals surface area (Å²) in [6.07, 6.45) is 1.63. The van der Waals surface area contributed by atoms with Crippen LogP contribution in [0.4, 0.5) is 4.79 Å². The average molecular weight is 167 g/mol. The van der Waals surface area contributed by atoms with Crippen LogP contribution in [0, 0.1) is 6.20 Å². The summed E-state index contributed by atoms with van der Waals surface area (Å²) in [7, 11) is 0. The predicted molar refractivity (Wildman–Crippen MR) is 44.2 cm³/mol. The summed E-state index contributed by atoms with van der Waals surface area (Å²) in [5.74, 6) is 0. The minimum atomic E-state index is -1.00. The van der Waals surface area contributed by atoms with Gasteiger partial charge in [-0.1, -0.05) is 29.9 Å². The standard InChI is InChI=1S/C9H6NO2.Li/c11-9(12)10-6-5-7-3-1-2-4-8(7)10;/h1-5H,(H,11,12);/q-1;+1. The van der Waals surface area contributed by atoms with Crippen LogP contribution in [0.5, 0.6) is 0 Å². The molecule has 0 bridgehead atoms. The average Bonchev–Trinajstić information content (AvgIpc) is 2.47. The van der Waals surface area contributed by atoms with E-state index in [2.05, 4.69) is 6.20 Å². The summed E-state index contributed by atoms with van der Waals surface area (Å²) in [5.41, 5.74) is 0.671. The Labute approximate surface area is 87.2 Å². The van der Waals surface area contributed by atoms with Gasteiger partial charge < -0.3 is 9.67 Å². The summed E-state index contributed by atoms with van der Waals surface area (Å²) in [5, 5.41) is 9.59. The Balaban J connectivity index is 0.000000845. The normalized spacial score (nSPS) is 9.54. The third-order valence-corrected chi connectivity index (χ3v) is 1.72. The van der Waals surface area contributed by atoms with Crippen LogP contribution in [0.3, 0.4) is 0 Å². The molecule has 0 saturated heterocycles. The number of aromatic nitrogens is 1. The van der Waals surface area contributed by atoms with Gasteiger partial charge in [-0.3, -0.25) is 4.79 Å². The predicted octanol–water partition coefficient (Wildman–Crippen LogP) is -1.03. The first kappa shape index (κ1) is 9.91. The Morgan fingerprint density at radius 2 is 2.08 bits per heavy atom. The van der Waals surface area contributed by atoms with E-state index in [1.165, 1.54) is 0 Å². The summed E-state index contributed by atoms with van der Waals surface area (Å²) in [4.78, 5) is 10.6. The van der Waals surface area contributed by atoms with Crippen molar-refractivity contribution in [2.24, 2.45) is 0 Å². The SMILES string of the molecule is O=C(O)n1[c-]cc2ccccc21.[Li+]. The van der Waals surface area contributed by atoms with E-state index >= 15 is 0 Å². The molecule has 2 rings (SSSR count). The summed E-state index contributed by atoms with van der Waals surface area (Å²) < 4.78 is 1.08. The summed E-state index contributed by atoms with van der Waals surface area (Å²) in [6.45, 7) is 0. The number of rotatable bonds is 0. The van der Waals surface area contributed by atoms with Crippen LogP contribution in [0.2, 0.25) is 0 Å². The van der Waals surface area contributed by atoms with Crippen LogP contribution >= 0.6 is 0 Å². The third-order valence-electron chi connectivity index (χ3n) is 1.72. The zero-order chi connectivity index (χ0) is 8.55. The van der Waals surface area contributed by atoms with Crippen molar-refractivity contribution in [2.75, 3.05) is 0 Å². The first-order chi connectivity index (χ1) is 5.79. The van der Waals surface area contributed by atoms with Crippen molar-refractivity contribution in [3.8, 4) is 0 Å². The summed E-state index contributed by atoms with van der Waals surface area (Å²) >= 11 is 0. The fraction of sp³-hybridized carbons (Fsp3) is 0. The molecule has 2 aromatic rings. The van der Waals surface area contributed by atoms with Gasteiger partial charge in [0.15, 0.2) is 0 Å². The first-order valence-electron chi connectivity index (χ1n) is 3.50. The molecule has 0 fully saturated rings. The van der Waals surface area contributed by atoms with Gasteiger partial charge in [-0.25, -0.2) is 0 Å². The fourth-order valence-electron chi connectivity index (χ4n) is 1.18. The minimum Gasteiger partial charge on any atom is -0.508 e. The van der Waals surface area contributed by atoms with Crippen molar-refractivity contribution >= 4 is 17.0 Å². The molecule has 0 aliphatic carbocycles. The zero-order valence-electron chi connectivity index (χ0n) is 7.19. The number of fused-ring (bicyclic) bond motifs is 1. The van der Waals surface area contributed by atoms with Gasteiger partial charge in [0.05, 0.1) is 0 Å². The van der Waals surface area contributed by atoms with Crippen molar-refractivity contribution in [1.29, 1.82) is 0 Å². The van der Waals surface area contributed by atoms with Crippen LogP contribution in [-0.4, -0.2) is 15.8 Å². The molecule has 0 aliphatic heterocycles. The maximum Gasteiger partial charge on any atom is 1.00 e. The molecule has 0 atom stereocenters. The molecule has 0 amide bonds. The maximum atomic E-state index is 10.6. The monoisotopic (exact) mass is 167 g/mol. The van der Waals surface area contributed by atoms with Gasteiger partial charge in [0.1, 0.15) is 0 Å². The molecule has 1 N–H and O–H groups in total. The molecule has 60 valence electrons. The quantitative estimate of drug-likeness (QED) is 0.402. The molecular weight excluding hydrogens is 161 g/mol. The van der Waals surface area contributed by atoms with Crippen molar-refractivity contribution in [3.63, 3.8) is 0 Å². The molecule has 0 saturated carbocycles. The van der Waals surface area contributed by atoms with E-state index in [1.807, 2.05) is 12.1 Å². The molecule has 1 aromatic carbocycles. The Kier molecular flexibility index (Phi) is 2.82. The summed E-state index contributed by atoms with van der Waals surface area (Å²) in [6, 6.07) is 8.92. The fourth-order valence-corrected chi connectivity index (χ4v) is 1.18. The number of benzene rings is 1. The number of para-hydroxylation sites is 1. The first-order valence-corrected chi connectivity index (χ1v) is 3.50. The topological polar surface area (TPSA) is 42.2 Å². The second kappa shape index (κ2) is 3.69. The Morgan fingerprint density at radius 3 is 2.77 bits per heavy atom. The molecule has 1 heterocycles. The number of hydrogen-bond donors (Lipinski definition) is 1. The van der Waals surface area contributed by atoms with Crippen LogP contribution in [0.25, 0.3) is 10.9 Å². The van der Waals surface area contributed by atoms with Crippen molar-refractivity contribution in [3.05, 3.63) is 36.5 Å². The van der Waals surface area contributed by atoms with Gasteiger partial charge in [-0.05, 0) is 0 Å². The molecular formula is C9H6LiNO2. The number of nitrogens with zero attached hydrogens (tertiary/aromatic N) is 1. The van der Waals surface area contributed by atoms with Gasteiger partial charge >= 0.3 is 25.0 Å². The molecule has 4 heteroatoms. The van der Waals surface area contributed by atoms with Crippen LogP contribution in [0.1, 0.15) is 0 Å². The van der Waals surface area contributed by atoms with E-state index < -0.39 is 6.09 Å². The van der Waals surface area contributed by atoms with Crippen molar-refractivity contribution in [2.45, 2.75) is 0 Å². The van der Waals surface area contributed by atoms with Gasteiger partial charge in [0.2, 0.25) is 0 Å².